The lowest BCUT2D eigenvalue weighted by molar-refractivity contribution is -0.375. The number of aromatic amines is 1. The Hall–Kier alpha value is -2.09. The standard InChI is InChI=1S/C17H22N4O/c1-12-14-5-3-4-6-15(14)16(11-18)17(19-12)21-9-7-20(8-10-21)13(2)22/h3-10H2,1-2H3/p+1. The number of H-pyrrole nitrogens is 1. The molecule has 5 heteroatoms. The molecule has 2 aliphatic rings. The Bertz CT molecular complexity index is 639. The highest BCUT2D eigenvalue weighted by atomic mass is 16.2. The zero-order valence-electron chi connectivity index (χ0n) is 13.4. The Labute approximate surface area is 131 Å². The number of hydrogen-bond acceptors (Lipinski definition) is 3. The number of carbonyl (C=O) groups is 1. The van der Waals surface area contributed by atoms with Gasteiger partial charge in [-0.2, -0.15) is 5.26 Å². The van der Waals surface area contributed by atoms with Gasteiger partial charge in [0.05, 0.1) is 13.1 Å². The van der Waals surface area contributed by atoms with Crippen LogP contribution >= 0.6 is 0 Å². The first-order chi connectivity index (χ1) is 10.6. The predicted molar refractivity (Wildman–Crippen MR) is 83.6 cm³/mol. The molecular formula is C17H23N4O+. The molecule has 3 rings (SSSR count). The summed E-state index contributed by atoms with van der Waals surface area (Å²) in [6, 6.07) is 2.43. The minimum Gasteiger partial charge on any atom is -0.335 e. The molecule has 0 spiro atoms. The van der Waals surface area contributed by atoms with Gasteiger partial charge < -0.3 is 4.90 Å². The van der Waals surface area contributed by atoms with E-state index in [9.17, 15) is 10.1 Å². The van der Waals surface area contributed by atoms with Gasteiger partial charge in [0.1, 0.15) is 30.4 Å². The van der Waals surface area contributed by atoms with E-state index in [1.54, 1.807) is 6.92 Å². The Morgan fingerprint density at radius 1 is 1.14 bits per heavy atom. The summed E-state index contributed by atoms with van der Waals surface area (Å²) in [6.45, 7) is 6.74. The molecule has 1 aliphatic carbocycles. The van der Waals surface area contributed by atoms with Gasteiger partial charge in [-0.15, -0.1) is 0 Å². The van der Waals surface area contributed by atoms with Crippen LogP contribution in [0.2, 0.25) is 0 Å². The second kappa shape index (κ2) is 5.96. The molecular weight excluding hydrogens is 276 g/mol. The van der Waals surface area contributed by atoms with E-state index in [1.165, 1.54) is 29.7 Å². The maximum Gasteiger partial charge on any atom is 0.293 e. The number of carbonyl (C=O) groups excluding carboxylic acids is 1. The summed E-state index contributed by atoms with van der Waals surface area (Å²) in [7, 11) is 0. The van der Waals surface area contributed by atoms with Gasteiger partial charge in [-0.1, -0.05) is 0 Å². The number of pyridine rings is 1. The van der Waals surface area contributed by atoms with Gasteiger partial charge in [0.2, 0.25) is 5.91 Å². The van der Waals surface area contributed by atoms with Crippen LogP contribution in [0.4, 0.5) is 5.82 Å². The molecule has 0 atom stereocenters. The van der Waals surface area contributed by atoms with Crippen molar-refractivity contribution in [3.63, 3.8) is 0 Å². The number of fused-ring (bicyclic) bond motifs is 1. The number of nitriles is 1. The van der Waals surface area contributed by atoms with Crippen molar-refractivity contribution in [1.29, 1.82) is 5.26 Å². The molecule has 1 amide bonds. The Morgan fingerprint density at radius 3 is 2.36 bits per heavy atom. The summed E-state index contributed by atoms with van der Waals surface area (Å²) in [5.74, 6) is 1.08. The fraction of sp³-hybridized carbons (Fsp3) is 0.588. The van der Waals surface area contributed by atoms with Crippen LogP contribution in [-0.4, -0.2) is 37.0 Å². The minimum atomic E-state index is 0.130. The molecule has 0 unspecified atom stereocenters. The lowest BCUT2D eigenvalue weighted by atomic mass is 9.88. The number of nitrogens with one attached hydrogen (secondary N) is 1. The van der Waals surface area contributed by atoms with Crippen LogP contribution in [0.5, 0.6) is 0 Å². The number of rotatable bonds is 1. The van der Waals surface area contributed by atoms with Crippen molar-refractivity contribution >= 4 is 11.7 Å². The van der Waals surface area contributed by atoms with E-state index >= 15 is 0 Å². The molecule has 0 bridgehead atoms. The molecule has 0 saturated carbocycles. The van der Waals surface area contributed by atoms with Gasteiger partial charge in [0.25, 0.3) is 5.82 Å². The molecule has 22 heavy (non-hydrogen) atoms. The SMILES string of the molecule is CC(=O)N1CCN(c2[nH+]c(C)c3c(c2C#N)CCCC3)CC1. The Kier molecular flexibility index (Phi) is 4.02. The number of amides is 1. The molecule has 0 aromatic carbocycles. The summed E-state index contributed by atoms with van der Waals surface area (Å²) in [4.78, 5) is 19.0. The van der Waals surface area contributed by atoms with Crippen molar-refractivity contribution in [3.05, 3.63) is 22.4 Å². The van der Waals surface area contributed by atoms with E-state index < -0.39 is 0 Å². The maximum atomic E-state index is 11.5. The number of hydrogen-bond donors (Lipinski definition) is 0. The molecule has 116 valence electrons. The molecule has 5 nitrogen and oxygen atoms in total. The van der Waals surface area contributed by atoms with Crippen LogP contribution in [0.25, 0.3) is 0 Å². The van der Waals surface area contributed by atoms with E-state index in [0.29, 0.717) is 0 Å². The van der Waals surface area contributed by atoms with Crippen LogP contribution in [0, 0.1) is 18.3 Å². The maximum absolute atomic E-state index is 11.5. The number of nitrogens with zero attached hydrogens (tertiary/aromatic N) is 3. The molecule has 0 radical (unpaired) electrons. The molecule has 1 aromatic heterocycles. The number of piperazine rings is 1. The first-order valence-corrected chi connectivity index (χ1v) is 8.10. The van der Waals surface area contributed by atoms with Crippen LogP contribution < -0.4 is 9.88 Å². The first kappa shape index (κ1) is 14.8. The van der Waals surface area contributed by atoms with Crippen molar-refractivity contribution in [1.82, 2.24) is 4.90 Å². The van der Waals surface area contributed by atoms with Gasteiger partial charge in [0.15, 0.2) is 0 Å². The van der Waals surface area contributed by atoms with Gasteiger partial charge in [-0.25, -0.2) is 4.98 Å². The second-order valence-corrected chi connectivity index (χ2v) is 6.24. The molecule has 1 aliphatic heterocycles. The topological polar surface area (TPSA) is 61.5 Å². The molecule has 1 aromatic rings. The normalized spacial score (nSPS) is 17.9. The van der Waals surface area contributed by atoms with Gasteiger partial charge in [-0.3, -0.25) is 9.69 Å². The summed E-state index contributed by atoms with van der Waals surface area (Å²) < 4.78 is 0. The van der Waals surface area contributed by atoms with E-state index in [-0.39, 0.29) is 5.91 Å². The molecule has 1 N–H and O–H groups in total. The van der Waals surface area contributed by atoms with Crippen molar-refractivity contribution in [2.45, 2.75) is 39.5 Å². The zero-order valence-corrected chi connectivity index (χ0v) is 13.4. The van der Waals surface area contributed by atoms with Crippen LogP contribution in [0.1, 0.15) is 42.1 Å². The van der Waals surface area contributed by atoms with Crippen LogP contribution in [0.3, 0.4) is 0 Å². The zero-order chi connectivity index (χ0) is 15.7. The lowest BCUT2D eigenvalue weighted by Gasteiger charge is -2.31. The van der Waals surface area contributed by atoms with E-state index in [1.807, 2.05) is 4.90 Å². The number of aromatic nitrogens is 1. The third-order valence-electron chi connectivity index (χ3n) is 4.92. The molecule has 1 saturated heterocycles. The third kappa shape index (κ3) is 2.54. The van der Waals surface area contributed by atoms with Crippen LogP contribution in [-0.2, 0) is 17.6 Å². The highest BCUT2D eigenvalue weighted by molar-refractivity contribution is 5.73. The largest absolute Gasteiger partial charge is 0.335 e. The van der Waals surface area contributed by atoms with Gasteiger partial charge in [-0.05, 0) is 43.7 Å². The smallest absolute Gasteiger partial charge is 0.293 e. The highest BCUT2D eigenvalue weighted by Crippen LogP contribution is 2.29. The quantitative estimate of drug-likeness (QED) is 0.783. The third-order valence-corrected chi connectivity index (χ3v) is 4.92. The van der Waals surface area contributed by atoms with Gasteiger partial charge >= 0.3 is 0 Å². The van der Waals surface area contributed by atoms with Gasteiger partial charge in [0, 0.05) is 6.92 Å². The number of aryl methyl sites for hydroxylation is 1. The second-order valence-electron chi connectivity index (χ2n) is 6.24. The van der Waals surface area contributed by atoms with Crippen molar-refractivity contribution in [2.75, 3.05) is 31.1 Å². The van der Waals surface area contributed by atoms with E-state index in [4.69, 9.17) is 0 Å². The van der Waals surface area contributed by atoms with Crippen molar-refractivity contribution in [2.24, 2.45) is 0 Å². The predicted octanol–water partition coefficient (Wildman–Crippen LogP) is 1.23. The first-order valence-electron chi connectivity index (χ1n) is 8.10. The summed E-state index contributed by atoms with van der Waals surface area (Å²) in [5, 5.41) is 9.67. The van der Waals surface area contributed by atoms with Crippen LogP contribution in [0.15, 0.2) is 0 Å². The lowest BCUT2D eigenvalue weighted by Crippen LogP contribution is -2.50. The highest BCUT2D eigenvalue weighted by Gasteiger charge is 2.31. The van der Waals surface area contributed by atoms with E-state index in [2.05, 4.69) is 22.9 Å². The van der Waals surface area contributed by atoms with Crippen molar-refractivity contribution in [3.8, 4) is 6.07 Å². The fourth-order valence-corrected chi connectivity index (χ4v) is 3.66. The summed E-state index contributed by atoms with van der Waals surface area (Å²) in [5.41, 5.74) is 4.59. The minimum absolute atomic E-state index is 0.130. The fourth-order valence-electron chi connectivity index (χ4n) is 3.66. The van der Waals surface area contributed by atoms with E-state index in [0.717, 1.165) is 50.4 Å². The average molecular weight is 299 g/mol. The Morgan fingerprint density at radius 2 is 1.77 bits per heavy atom. The molecule has 1 fully saturated rings. The Balaban J connectivity index is 1.93. The monoisotopic (exact) mass is 299 g/mol. The number of anilines is 1. The average Bonchev–Trinajstić information content (AvgIpc) is 2.55. The molecule has 2 heterocycles. The van der Waals surface area contributed by atoms with Crippen molar-refractivity contribution < 1.29 is 9.78 Å². The summed E-state index contributed by atoms with van der Waals surface area (Å²) in [6.07, 6.45) is 4.46. The summed E-state index contributed by atoms with van der Waals surface area (Å²) >= 11 is 0.